The zero-order chi connectivity index (χ0) is 34.2. The van der Waals surface area contributed by atoms with E-state index >= 15 is 0 Å². The zero-order valence-corrected chi connectivity index (χ0v) is 28.1. The highest BCUT2D eigenvalue weighted by Crippen LogP contribution is 2.51. The third kappa shape index (κ3) is 5.57. The van der Waals surface area contributed by atoms with Gasteiger partial charge in [0, 0.05) is 27.8 Å². The van der Waals surface area contributed by atoms with Crippen LogP contribution in [0.2, 0.25) is 0 Å². The van der Waals surface area contributed by atoms with Gasteiger partial charge in [0.15, 0.2) is 23.1 Å². The summed E-state index contributed by atoms with van der Waals surface area (Å²) < 4.78 is 6.90. The molecule has 0 amide bonds. The molecule has 2 heterocycles. The monoisotopic (exact) mass is 655 g/mol. The minimum atomic E-state index is -0.609. The second-order valence-electron chi connectivity index (χ2n) is 12.9. The number of fused-ring (bicyclic) bond motifs is 3. The third-order valence-electron chi connectivity index (χ3n) is 9.75. The van der Waals surface area contributed by atoms with E-state index in [9.17, 15) is 0 Å². The number of ether oxygens (including phenoxy) is 1. The van der Waals surface area contributed by atoms with Gasteiger partial charge in [0.25, 0.3) is 0 Å². The van der Waals surface area contributed by atoms with Gasteiger partial charge in [0.05, 0.1) is 0 Å². The molecule has 8 aromatic rings. The van der Waals surface area contributed by atoms with Gasteiger partial charge in [0.1, 0.15) is 5.75 Å². The van der Waals surface area contributed by atoms with E-state index in [4.69, 9.17) is 19.7 Å². The van der Waals surface area contributed by atoms with Crippen molar-refractivity contribution in [1.82, 2.24) is 15.0 Å². The number of hydrogen-bond acceptors (Lipinski definition) is 4. The Morgan fingerprint density at radius 3 is 1.41 bits per heavy atom. The average Bonchev–Trinajstić information content (AvgIpc) is 3.21. The number of aromatic nitrogens is 3. The van der Waals surface area contributed by atoms with E-state index in [1.807, 2.05) is 42.5 Å². The Hall–Kier alpha value is -6.65. The maximum absolute atomic E-state index is 6.90. The summed E-state index contributed by atoms with van der Waals surface area (Å²) in [6, 6.07) is 62.8. The van der Waals surface area contributed by atoms with Gasteiger partial charge in [-0.2, -0.15) is 0 Å². The molecule has 1 unspecified atom stereocenters. The Balaban J connectivity index is 1.10. The Morgan fingerprint density at radius 1 is 0.373 bits per heavy atom. The molecule has 1 aliphatic heterocycles. The van der Waals surface area contributed by atoms with E-state index in [1.54, 1.807) is 0 Å². The molecule has 1 aliphatic rings. The van der Waals surface area contributed by atoms with Gasteiger partial charge in [-0.1, -0.05) is 176 Å². The van der Waals surface area contributed by atoms with Gasteiger partial charge in [-0.05, 0) is 46.4 Å². The molecule has 242 valence electrons. The zero-order valence-electron chi connectivity index (χ0n) is 28.1. The van der Waals surface area contributed by atoms with Gasteiger partial charge in [0.2, 0.25) is 0 Å². The molecule has 0 saturated heterocycles. The van der Waals surface area contributed by atoms with E-state index in [2.05, 4.69) is 146 Å². The summed E-state index contributed by atoms with van der Waals surface area (Å²) in [6.07, 6.45) is 0. The fourth-order valence-corrected chi connectivity index (χ4v) is 7.09. The van der Waals surface area contributed by atoms with E-state index in [-0.39, 0.29) is 0 Å². The molecule has 7 aromatic carbocycles. The standard InChI is InChI=1S/C47H33N3O/c1-47(38-18-9-4-10-19-38)41-22-12-11-20-40(41)43-39(21-13-23-42(43)51-47)34-26-30-37(31-27-34)46-49-44(35-16-7-3-8-17-35)48-45(50-46)36-28-24-33(25-29-36)32-14-5-2-6-15-32/h2-31H,1H3. The Labute approximate surface area is 297 Å². The minimum Gasteiger partial charge on any atom is -0.477 e. The van der Waals surface area contributed by atoms with Gasteiger partial charge >= 0.3 is 0 Å². The van der Waals surface area contributed by atoms with Crippen molar-refractivity contribution in [2.24, 2.45) is 0 Å². The summed E-state index contributed by atoms with van der Waals surface area (Å²) in [4.78, 5) is 14.9. The first-order valence-electron chi connectivity index (χ1n) is 17.2. The summed E-state index contributed by atoms with van der Waals surface area (Å²) in [5.74, 6) is 2.77. The fourth-order valence-electron chi connectivity index (χ4n) is 7.09. The van der Waals surface area contributed by atoms with Crippen molar-refractivity contribution in [2.45, 2.75) is 12.5 Å². The van der Waals surface area contributed by atoms with Crippen molar-refractivity contribution in [3.05, 3.63) is 193 Å². The van der Waals surface area contributed by atoms with Gasteiger partial charge in [-0.25, -0.2) is 15.0 Å². The van der Waals surface area contributed by atoms with Crippen molar-refractivity contribution in [1.29, 1.82) is 0 Å². The quantitative estimate of drug-likeness (QED) is 0.179. The first-order chi connectivity index (χ1) is 25.1. The molecule has 0 fully saturated rings. The van der Waals surface area contributed by atoms with Crippen molar-refractivity contribution in [2.75, 3.05) is 0 Å². The van der Waals surface area contributed by atoms with Crippen LogP contribution in [0, 0.1) is 0 Å². The highest BCUT2D eigenvalue weighted by Gasteiger charge is 2.39. The number of benzene rings is 7. The lowest BCUT2D eigenvalue weighted by Gasteiger charge is -2.39. The Bertz CT molecular complexity index is 2480. The molecule has 1 aromatic heterocycles. The SMILES string of the molecule is CC1(c2ccccc2)Oc2cccc(-c3ccc(-c4nc(-c5ccccc5)nc(-c5ccc(-c6ccccc6)cc5)n4)cc3)c2-c2ccccc21. The van der Waals surface area contributed by atoms with Crippen LogP contribution >= 0.6 is 0 Å². The molecule has 0 bridgehead atoms. The largest absolute Gasteiger partial charge is 0.477 e. The van der Waals surface area contributed by atoms with Crippen LogP contribution in [0.1, 0.15) is 18.1 Å². The van der Waals surface area contributed by atoms with Gasteiger partial charge in [-0.15, -0.1) is 0 Å². The van der Waals surface area contributed by atoms with Crippen molar-refractivity contribution in [3.63, 3.8) is 0 Å². The molecule has 0 saturated carbocycles. The van der Waals surface area contributed by atoms with Crippen LogP contribution in [0.15, 0.2) is 182 Å². The second-order valence-corrected chi connectivity index (χ2v) is 12.9. The van der Waals surface area contributed by atoms with E-state index in [0.29, 0.717) is 17.5 Å². The van der Waals surface area contributed by atoms with Crippen LogP contribution in [-0.4, -0.2) is 15.0 Å². The lowest BCUT2D eigenvalue weighted by molar-refractivity contribution is 0.129. The average molecular weight is 656 g/mol. The maximum Gasteiger partial charge on any atom is 0.164 e. The molecule has 4 heteroatoms. The number of rotatable bonds is 6. The molecule has 0 radical (unpaired) electrons. The number of hydrogen-bond donors (Lipinski definition) is 0. The van der Waals surface area contributed by atoms with Crippen LogP contribution < -0.4 is 4.74 Å². The predicted octanol–water partition coefficient (Wildman–Crippen LogP) is 11.5. The fraction of sp³-hybridized carbons (Fsp3) is 0.0426. The molecule has 9 rings (SSSR count). The summed E-state index contributed by atoms with van der Waals surface area (Å²) >= 11 is 0. The van der Waals surface area contributed by atoms with Crippen LogP contribution in [0.4, 0.5) is 0 Å². The summed E-state index contributed by atoms with van der Waals surface area (Å²) in [5, 5.41) is 0. The van der Waals surface area contributed by atoms with Crippen LogP contribution in [0.3, 0.4) is 0 Å². The smallest absolute Gasteiger partial charge is 0.164 e. The van der Waals surface area contributed by atoms with E-state index in [1.165, 1.54) is 11.1 Å². The first kappa shape index (κ1) is 30.4. The van der Waals surface area contributed by atoms with Gasteiger partial charge < -0.3 is 4.74 Å². The molecule has 4 nitrogen and oxygen atoms in total. The summed E-state index contributed by atoms with van der Waals surface area (Å²) in [6.45, 7) is 2.16. The second kappa shape index (κ2) is 12.7. The lowest BCUT2D eigenvalue weighted by Crippen LogP contribution is -2.34. The van der Waals surface area contributed by atoms with Crippen molar-refractivity contribution < 1.29 is 4.74 Å². The third-order valence-corrected chi connectivity index (χ3v) is 9.75. The highest BCUT2D eigenvalue weighted by atomic mass is 16.5. The highest BCUT2D eigenvalue weighted by molar-refractivity contribution is 5.91. The van der Waals surface area contributed by atoms with Crippen LogP contribution in [-0.2, 0) is 5.60 Å². The molecule has 0 aliphatic carbocycles. The van der Waals surface area contributed by atoms with Crippen molar-refractivity contribution >= 4 is 0 Å². The normalized spacial score (nSPS) is 14.6. The lowest BCUT2D eigenvalue weighted by atomic mass is 9.79. The topological polar surface area (TPSA) is 47.9 Å². The first-order valence-corrected chi connectivity index (χ1v) is 17.2. The van der Waals surface area contributed by atoms with Gasteiger partial charge in [-0.3, -0.25) is 0 Å². The Kier molecular flexibility index (Phi) is 7.55. The molecular weight excluding hydrogens is 623 g/mol. The molecule has 1 atom stereocenters. The van der Waals surface area contributed by atoms with E-state index < -0.39 is 5.60 Å². The summed E-state index contributed by atoms with van der Waals surface area (Å²) in [7, 11) is 0. The predicted molar refractivity (Wildman–Crippen MR) is 206 cm³/mol. The maximum atomic E-state index is 6.90. The minimum absolute atomic E-state index is 0.609. The molecule has 0 spiro atoms. The summed E-state index contributed by atoms with van der Waals surface area (Å²) in [5.41, 5.74) is 11.3. The Morgan fingerprint density at radius 2 is 0.804 bits per heavy atom. The molecular formula is C47H33N3O. The van der Waals surface area contributed by atoms with Crippen LogP contribution in [0.25, 0.3) is 67.5 Å². The van der Waals surface area contributed by atoms with E-state index in [0.717, 1.165) is 55.8 Å². The number of nitrogens with zero attached hydrogens (tertiary/aromatic N) is 3. The molecule has 51 heavy (non-hydrogen) atoms. The van der Waals surface area contributed by atoms with Crippen molar-refractivity contribution in [3.8, 4) is 73.3 Å². The molecule has 0 N–H and O–H groups in total. The van der Waals surface area contributed by atoms with Crippen LogP contribution in [0.5, 0.6) is 5.75 Å².